The smallest absolute Gasteiger partial charge is 0.225 e. The molecule has 0 radical (unpaired) electrons. The fourth-order valence-corrected chi connectivity index (χ4v) is 2.28. The molecule has 1 aliphatic heterocycles. The van der Waals surface area contributed by atoms with Crippen LogP contribution >= 0.6 is 15.9 Å². The van der Waals surface area contributed by atoms with Crippen molar-refractivity contribution in [2.24, 2.45) is 5.92 Å². The Morgan fingerprint density at radius 1 is 1.44 bits per heavy atom. The maximum Gasteiger partial charge on any atom is 0.225 e. The van der Waals surface area contributed by atoms with E-state index < -0.39 is 0 Å². The minimum absolute atomic E-state index is 0.0378. The Morgan fingerprint density at radius 2 is 2.33 bits per heavy atom. The van der Waals surface area contributed by atoms with Crippen LogP contribution in [0.3, 0.4) is 0 Å². The number of halogens is 1. The fraction of sp³-hybridized carbons (Fsp3) is 0.462. The number of hydrogen-bond acceptors (Lipinski definition) is 3. The number of anilines is 1. The normalized spacial score (nSPS) is 18.6. The number of nitrogens with one attached hydrogen (secondary N) is 2. The van der Waals surface area contributed by atoms with Crippen molar-refractivity contribution in [1.29, 1.82) is 0 Å². The minimum atomic E-state index is 0.0378. The molecule has 0 spiro atoms. The van der Waals surface area contributed by atoms with Gasteiger partial charge in [-0.25, -0.2) is 0 Å². The molecule has 0 unspecified atom stereocenters. The topological polar surface area (TPSA) is 50.4 Å². The van der Waals surface area contributed by atoms with Crippen LogP contribution in [0.4, 0.5) is 5.69 Å². The van der Waals surface area contributed by atoms with Crippen molar-refractivity contribution in [1.82, 2.24) is 5.32 Å². The van der Waals surface area contributed by atoms with Crippen LogP contribution in [0.1, 0.15) is 6.42 Å². The zero-order chi connectivity index (χ0) is 12.8. The van der Waals surface area contributed by atoms with Crippen LogP contribution in [0.5, 0.6) is 0 Å². The predicted molar refractivity (Wildman–Crippen MR) is 74.6 cm³/mol. The van der Waals surface area contributed by atoms with Crippen LogP contribution in [-0.4, -0.2) is 32.2 Å². The van der Waals surface area contributed by atoms with Gasteiger partial charge in [-0.3, -0.25) is 4.79 Å². The van der Waals surface area contributed by atoms with Gasteiger partial charge in [0.25, 0.3) is 0 Å². The predicted octanol–water partition coefficient (Wildman–Crippen LogP) is 2.01. The number of carbonyl (C=O) groups is 1. The third-order valence-electron chi connectivity index (χ3n) is 2.88. The van der Waals surface area contributed by atoms with Crippen molar-refractivity contribution in [3.8, 4) is 0 Å². The van der Waals surface area contributed by atoms with Gasteiger partial charge in [0.1, 0.15) is 0 Å². The molecule has 5 heteroatoms. The van der Waals surface area contributed by atoms with E-state index in [2.05, 4.69) is 26.6 Å². The number of amides is 1. The molecule has 1 aromatic rings. The van der Waals surface area contributed by atoms with Gasteiger partial charge in [-0.1, -0.05) is 22.0 Å². The van der Waals surface area contributed by atoms with E-state index in [0.717, 1.165) is 23.1 Å². The monoisotopic (exact) mass is 312 g/mol. The van der Waals surface area contributed by atoms with E-state index >= 15 is 0 Å². The van der Waals surface area contributed by atoms with Crippen LogP contribution in [0.15, 0.2) is 28.7 Å². The summed E-state index contributed by atoms with van der Waals surface area (Å²) in [5.74, 6) is 0.138. The van der Waals surface area contributed by atoms with E-state index in [0.29, 0.717) is 19.8 Å². The molecule has 1 aliphatic rings. The Bertz CT molecular complexity index is 406. The van der Waals surface area contributed by atoms with Gasteiger partial charge in [0.15, 0.2) is 0 Å². The molecule has 1 heterocycles. The fourth-order valence-electron chi connectivity index (χ4n) is 1.88. The van der Waals surface area contributed by atoms with E-state index in [4.69, 9.17) is 4.74 Å². The van der Waals surface area contributed by atoms with Gasteiger partial charge in [-0.2, -0.15) is 0 Å². The third kappa shape index (κ3) is 3.99. The minimum Gasteiger partial charge on any atom is -0.383 e. The Labute approximate surface area is 115 Å². The SMILES string of the molecule is O=C(NCCNc1cccc(Br)c1)[C@H]1CCOC1. The summed E-state index contributed by atoms with van der Waals surface area (Å²) < 4.78 is 6.23. The molecule has 0 aromatic heterocycles. The lowest BCUT2D eigenvalue weighted by Gasteiger charge is -2.10. The van der Waals surface area contributed by atoms with Crippen LogP contribution in [0, 0.1) is 5.92 Å². The Hall–Kier alpha value is -1.07. The number of ether oxygens (including phenoxy) is 1. The second-order valence-electron chi connectivity index (χ2n) is 4.29. The van der Waals surface area contributed by atoms with Gasteiger partial charge in [0, 0.05) is 29.9 Å². The number of rotatable bonds is 5. The highest BCUT2D eigenvalue weighted by Crippen LogP contribution is 2.15. The van der Waals surface area contributed by atoms with Crippen molar-refractivity contribution >= 4 is 27.5 Å². The van der Waals surface area contributed by atoms with E-state index in [-0.39, 0.29) is 11.8 Å². The first-order chi connectivity index (χ1) is 8.75. The van der Waals surface area contributed by atoms with Crippen molar-refractivity contribution in [2.75, 3.05) is 31.6 Å². The average molecular weight is 313 g/mol. The number of benzene rings is 1. The summed E-state index contributed by atoms with van der Waals surface area (Å²) in [6.45, 7) is 2.61. The van der Waals surface area contributed by atoms with E-state index in [1.165, 1.54) is 0 Å². The van der Waals surface area contributed by atoms with E-state index in [9.17, 15) is 4.79 Å². The molecule has 0 aliphatic carbocycles. The lowest BCUT2D eigenvalue weighted by molar-refractivity contribution is -0.124. The quantitative estimate of drug-likeness (QED) is 0.818. The summed E-state index contributed by atoms with van der Waals surface area (Å²) in [4.78, 5) is 11.7. The molecule has 1 saturated heterocycles. The Kier molecular flexibility index (Phi) is 5.01. The van der Waals surface area contributed by atoms with Crippen LogP contribution in [-0.2, 0) is 9.53 Å². The standard InChI is InChI=1S/C13H17BrN2O2/c14-11-2-1-3-12(8-11)15-5-6-16-13(17)10-4-7-18-9-10/h1-3,8,10,15H,4-7,9H2,(H,16,17)/t10-/m0/s1. The maximum atomic E-state index is 11.7. The van der Waals surface area contributed by atoms with Gasteiger partial charge >= 0.3 is 0 Å². The number of hydrogen-bond donors (Lipinski definition) is 2. The first-order valence-corrected chi connectivity index (χ1v) is 6.90. The summed E-state index contributed by atoms with van der Waals surface area (Å²) in [5, 5.41) is 6.17. The van der Waals surface area contributed by atoms with Gasteiger partial charge in [0.2, 0.25) is 5.91 Å². The molecule has 1 atom stereocenters. The molecule has 1 fully saturated rings. The van der Waals surface area contributed by atoms with Crippen molar-refractivity contribution in [3.63, 3.8) is 0 Å². The van der Waals surface area contributed by atoms with E-state index in [1.807, 2.05) is 24.3 Å². The Balaban J connectivity index is 1.65. The summed E-state index contributed by atoms with van der Waals surface area (Å²) in [6.07, 6.45) is 0.838. The zero-order valence-electron chi connectivity index (χ0n) is 10.1. The second kappa shape index (κ2) is 6.75. The first kappa shape index (κ1) is 13.4. The highest BCUT2D eigenvalue weighted by atomic mass is 79.9. The molecule has 1 amide bonds. The molecule has 1 aromatic carbocycles. The van der Waals surface area contributed by atoms with Crippen LogP contribution < -0.4 is 10.6 Å². The first-order valence-electron chi connectivity index (χ1n) is 6.10. The molecular formula is C13H17BrN2O2. The van der Waals surface area contributed by atoms with Gasteiger partial charge < -0.3 is 15.4 Å². The van der Waals surface area contributed by atoms with E-state index in [1.54, 1.807) is 0 Å². The molecule has 0 saturated carbocycles. The molecule has 2 rings (SSSR count). The molecule has 18 heavy (non-hydrogen) atoms. The second-order valence-corrected chi connectivity index (χ2v) is 5.20. The zero-order valence-corrected chi connectivity index (χ0v) is 11.7. The molecule has 2 N–H and O–H groups in total. The molecule has 0 bridgehead atoms. The summed E-state index contributed by atoms with van der Waals surface area (Å²) in [5.41, 5.74) is 1.04. The maximum absolute atomic E-state index is 11.7. The third-order valence-corrected chi connectivity index (χ3v) is 3.37. The molecular weight excluding hydrogens is 296 g/mol. The lowest BCUT2D eigenvalue weighted by Crippen LogP contribution is -2.34. The largest absolute Gasteiger partial charge is 0.383 e. The highest BCUT2D eigenvalue weighted by Gasteiger charge is 2.22. The van der Waals surface area contributed by atoms with Crippen LogP contribution in [0.2, 0.25) is 0 Å². The van der Waals surface area contributed by atoms with Crippen molar-refractivity contribution in [2.45, 2.75) is 6.42 Å². The van der Waals surface area contributed by atoms with Gasteiger partial charge in [0.05, 0.1) is 12.5 Å². The molecule has 98 valence electrons. The summed E-state index contributed by atoms with van der Waals surface area (Å²) in [6, 6.07) is 7.96. The van der Waals surface area contributed by atoms with Gasteiger partial charge in [-0.15, -0.1) is 0 Å². The summed E-state index contributed by atoms with van der Waals surface area (Å²) >= 11 is 3.42. The molecule has 4 nitrogen and oxygen atoms in total. The van der Waals surface area contributed by atoms with Crippen molar-refractivity contribution in [3.05, 3.63) is 28.7 Å². The lowest BCUT2D eigenvalue weighted by atomic mass is 10.1. The van der Waals surface area contributed by atoms with Crippen LogP contribution in [0.25, 0.3) is 0 Å². The van der Waals surface area contributed by atoms with Crippen molar-refractivity contribution < 1.29 is 9.53 Å². The Morgan fingerprint density at radius 3 is 3.06 bits per heavy atom. The number of carbonyl (C=O) groups excluding carboxylic acids is 1. The highest BCUT2D eigenvalue weighted by molar-refractivity contribution is 9.10. The van der Waals surface area contributed by atoms with Gasteiger partial charge in [-0.05, 0) is 24.6 Å². The average Bonchev–Trinajstić information content (AvgIpc) is 2.88. The summed E-state index contributed by atoms with van der Waals surface area (Å²) in [7, 11) is 0.